The number of rotatable bonds is 4. The minimum atomic E-state index is -0.577. The van der Waals surface area contributed by atoms with Crippen molar-refractivity contribution in [2.75, 3.05) is 0 Å². The molecule has 4 nitrogen and oxygen atoms in total. The lowest BCUT2D eigenvalue weighted by Gasteiger charge is -2.18. The second-order valence-corrected chi connectivity index (χ2v) is 5.64. The van der Waals surface area contributed by atoms with Crippen LogP contribution >= 0.6 is 0 Å². The molecule has 0 radical (unpaired) electrons. The number of nitrogens with one attached hydrogen (secondary N) is 1. The number of para-hydroxylation sites is 1. The topological polar surface area (TPSA) is 69.6 Å². The summed E-state index contributed by atoms with van der Waals surface area (Å²) in [4.78, 5) is 12.1. The number of aromatic hydroxyl groups is 1. The first-order valence-electron chi connectivity index (χ1n) is 7.47. The zero-order chi connectivity index (χ0) is 15.5. The Labute approximate surface area is 129 Å². The number of phenols is 1. The Morgan fingerprint density at radius 3 is 2.68 bits per heavy atom. The minimum absolute atomic E-state index is 0.121. The van der Waals surface area contributed by atoms with E-state index in [1.165, 1.54) is 0 Å². The summed E-state index contributed by atoms with van der Waals surface area (Å²) >= 11 is 0. The average Bonchev–Trinajstić information content (AvgIpc) is 2.83. The zero-order valence-corrected chi connectivity index (χ0v) is 12.2. The van der Waals surface area contributed by atoms with Gasteiger partial charge in [-0.15, -0.1) is 0 Å². The fraction of sp³-hybridized carbons (Fsp3) is 0.278. The highest BCUT2D eigenvalue weighted by atomic mass is 16.3. The molecule has 3 N–H and O–H groups in total. The number of carbonyl (C=O) groups is 1. The molecule has 0 saturated carbocycles. The molecule has 0 saturated heterocycles. The number of fused-ring (bicyclic) bond motifs is 1. The van der Waals surface area contributed by atoms with Gasteiger partial charge in [0.05, 0.1) is 12.1 Å². The normalized spacial score (nSPS) is 19.7. The molecule has 2 unspecified atom stereocenters. The number of carbonyl (C=O) groups excluding carboxylic acids is 1. The number of benzene rings is 2. The molecule has 114 valence electrons. The fourth-order valence-electron chi connectivity index (χ4n) is 2.96. The summed E-state index contributed by atoms with van der Waals surface area (Å²) in [6.07, 6.45) is 0.749. The van der Waals surface area contributed by atoms with E-state index in [-0.39, 0.29) is 24.1 Å². The third kappa shape index (κ3) is 2.97. The van der Waals surface area contributed by atoms with Crippen LogP contribution in [-0.4, -0.2) is 22.2 Å². The van der Waals surface area contributed by atoms with Gasteiger partial charge in [-0.05, 0) is 29.2 Å². The Morgan fingerprint density at radius 1 is 1.14 bits per heavy atom. The van der Waals surface area contributed by atoms with Crippen molar-refractivity contribution < 1.29 is 15.0 Å². The van der Waals surface area contributed by atoms with Gasteiger partial charge in [0, 0.05) is 12.8 Å². The van der Waals surface area contributed by atoms with E-state index in [1.807, 2.05) is 36.4 Å². The zero-order valence-electron chi connectivity index (χ0n) is 12.2. The monoisotopic (exact) mass is 297 g/mol. The van der Waals surface area contributed by atoms with Crippen molar-refractivity contribution >= 4 is 5.91 Å². The van der Waals surface area contributed by atoms with Crippen LogP contribution in [0.2, 0.25) is 0 Å². The number of phenolic OH excluding ortho intramolecular Hbond substituents is 1. The summed E-state index contributed by atoms with van der Waals surface area (Å²) in [6, 6.07) is 14.5. The van der Waals surface area contributed by atoms with Gasteiger partial charge in [0.1, 0.15) is 5.75 Å². The molecule has 0 fully saturated rings. The van der Waals surface area contributed by atoms with Crippen molar-refractivity contribution in [3.05, 3.63) is 65.2 Å². The molecule has 0 aliphatic heterocycles. The summed E-state index contributed by atoms with van der Waals surface area (Å²) in [7, 11) is 0. The minimum Gasteiger partial charge on any atom is -0.508 e. The Morgan fingerprint density at radius 2 is 1.86 bits per heavy atom. The van der Waals surface area contributed by atoms with Crippen molar-refractivity contribution in [2.24, 2.45) is 0 Å². The standard InChI is InChI=1S/C18H19NO3/c20-15-8-4-2-5-12(15)9-10-17(22)19-18-14-7-3-1-6-13(14)11-16(18)21/h1-8,16,18,20-21H,9-11H2,(H,19,22). The number of hydrogen-bond acceptors (Lipinski definition) is 3. The summed E-state index contributed by atoms with van der Waals surface area (Å²) in [5.74, 6) is 0.0885. The largest absolute Gasteiger partial charge is 0.508 e. The molecule has 1 aliphatic carbocycles. The van der Waals surface area contributed by atoms with Crippen LogP contribution in [0.1, 0.15) is 29.2 Å². The second kappa shape index (κ2) is 6.20. The maximum Gasteiger partial charge on any atom is 0.220 e. The number of aryl methyl sites for hydroxylation is 1. The van der Waals surface area contributed by atoms with Crippen LogP contribution in [0.5, 0.6) is 5.75 Å². The Balaban J connectivity index is 1.62. The highest BCUT2D eigenvalue weighted by molar-refractivity contribution is 5.77. The van der Waals surface area contributed by atoms with E-state index in [1.54, 1.807) is 12.1 Å². The highest BCUT2D eigenvalue weighted by Crippen LogP contribution is 2.31. The molecule has 1 aliphatic rings. The maximum absolute atomic E-state index is 12.1. The predicted octanol–water partition coefficient (Wildman–Crippen LogP) is 2.10. The van der Waals surface area contributed by atoms with Crippen LogP contribution in [0.15, 0.2) is 48.5 Å². The fourth-order valence-corrected chi connectivity index (χ4v) is 2.96. The third-order valence-electron chi connectivity index (χ3n) is 4.13. The van der Waals surface area contributed by atoms with Gasteiger partial charge < -0.3 is 15.5 Å². The third-order valence-corrected chi connectivity index (χ3v) is 4.13. The molecule has 22 heavy (non-hydrogen) atoms. The van der Waals surface area contributed by atoms with E-state index in [2.05, 4.69) is 5.32 Å². The van der Waals surface area contributed by atoms with Crippen molar-refractivity contribution in [1.82, 2.24) is 5.32 Å². The van der Waals surface area contributed by atoms with E-state index in [0.717, 1.165) is 16.7 Å². The number of hydrogen-bond donors (Lipinski definition) is 3. The summed E-state index contributed by atoms with van der Waals surface area (Å²) in [6.45, 7) is 0. The van der Waals surface area contributed by atoms with Crippen LogP contribution < -0.4 is 5.32 Å². The Hall–Kier alpha value is -2.33. The summed E-state index contributed by atoms with van der Waals surface area (Å²) in [5.41, 5.74) is 2.83. The van der Waals surface area contributed by atoms with Gasteiger partial charge in [-0.25, -0.2) is 0 Å². The molecular weight excluding hydrogens is 278 g/mol. The van der Waals surface area contributed by atoms with E-state index in [0.29, 0.717) is 12.8 Å². The van der Waals surface area contributed by atoms with Gasteiger partial charge in [-0.2, -0.15) is 0 Å². The van der Waals surface area contributed by atoms with Gasteiger partial charge in [-0.1, -0.05) is 42.5 Å². The number of amides is 1. The molecule has 2 atom stereocenters. The van der Waals surface area contributed by atoms with Crippen molar-refractivity contribution in [2.45, 2.75) is 31.4 Å². The second-order valence-electron chi connectivity index (χ2n) is 5.64. The van der Waals surface area contributed by atoms with E-state index in [9.17, 15) is 15.0 Å². The van der Waals surface area contributed by atoms with Gasteiger partial charge in [-0.3, -0.25) is 4.79 Å². The van der Waals surface area contributed by atoms with Crippen LogP contribution in [0.3, 0.4) is 0 Å². The predicted molar refractivity (Wildman–Crippen MR) is 83.5 cm³/mol. The van der Waals surface area contributed by atoms with E-state index < -0.39 is 6.10 Å². The lowest BCUT2D eigenvalue weighted by Crippen LogP contribution is -2.33. The average molecular weight is 297 g/mol. The van der Waals surface area contributed by atoms with Gasteiger partial charge in [0.15, 0.2) is 0 Å². The molecule has 2 aromatic carbocycles. The van der Waals surface area contributed by atoms with Crippen LogP contribution in [0.25, 0.3) is 0 Å². The molecule has 0 heterocycles. The van der Waals surface area contributed by atoms with Crippen LogP contribution in [0, 0.1) is 0 Å². The first kappa shape index (κ1) is 14.6. The van der Waals surface area contributed by atoms with Gasteiger partial charge >= 0.3 is 0 Å². The van der Waals surface area contributed by atoms with E-state index >= 15 is 0 Å². The van der Waals surface area contributed by atoms with Crippen molar-refractivity contribution in [3.8, 4) is 5.75 Å². The van der Waals surface area contributed by atoms with Crippen molar-refractivity contribution in [3.63, 3.8) is 0 Å². The van der Waals surface area contributed by atoms with Crippen molar-refractivity contribution in [1.29, 1.82) is 0 Å². The molecule has 3 rings (SSSR count). The summed E-state index contributed by atoms with van der Waals surface area (Å²) in [5, 5.41) is 22.7. The molecule has 0 aromatic heterocycles. The van der Waals surface area contributed by atoms with Crippen LogP contribution in [-0.2, 0) is 17.6 Å². The Bertz CT molecular complexity index is 684. The maximum atomic E-state index is 12.1. The lowest BCUT2D eigenvalue weighted by atomic mass is 10.1. The lowest BCUT2D eigenvalue weighted by molar-refractivity contribution is -0.122. The summed E-state index contributed by atoms with van der Waals surface area (Å²) < 4.78 is 0. The molecular formula is C18H19NO3. The van der Waals surface area contributed by atoms with Gasteiger partial charge in [0.25, 0.3) is 0 Å². The van der Waals surface area contributed by atoms with Crippen LogP contribution in [0.4, 0.5) is 0 Å². The Kier molecular flexibility index (Phi) is 4.11. The smallest absolute Gasteiger partial charge is 0.220 e. The highest BCUT2D eigenvalue weighted by Gasteiger charge is 2.31. The number of aliphatic hydroxyl groups is 1. The molecule has 2 aromatic rings. The van der Waals surface area contributed by atoms with E-state index in [4.69, 9.17) is 0 Å². The molecule has 0 spiro atoms. The molecule has 0 bridgehead atoms. The van der Waals surface area contributed by atoms with Gasteiger partial charge in [0.2, 0.25) is 5.91 Å². The first-order chi connectivity index (χ1) is 10.6. The quantitative estimate of drug-likeness (QED) is 0.809. The number of aliphatic hydroxyl groups excluding tert-OH is 1. The molecule has 4 heteroatoms. The first-order valence-corrected chi connectivity index (χ1v) is 7.47. The SMILES string of the molecule is O=C(CCc1ccccc1O)NC1c2ccccc2CC1O. The molecule has 1 amide bonds.